The Hall–Kier alpha value is -1.56. The molecule has 0 aliphatic carbocycles. The van der Waals surface area contributed by atoms with Crippen LogP contribution in [0.2, 0.25) is 0 Å². The lowest BCUT2D eigenvalue weighted by molar-refractivity contribution is -0.145. The van der Waals surface area contributed by atoms with Gasteiger partial charge >= 0.3 is 6.18 Å². The first-order valence-electron chi connectivity index (χ1n) is 7.01. The van der Waals surface area contributed by atoms with Gasteiger partial charge in [0, 0.05) is 31.7 Å². The van der Waals surface area contributed by atoms with Gasteiger partial charge in [-0.15, -0.1) is 0 Å². The molecule has 0 spiro atoms. The molecule has 1 amide bonds. The normalized spacial score (nSPS) is 17.6. The number of carbonyl (C=O) groups is 1. The van der Waals surface area contributed by atoms with E-state index >= 15 is 0 Å². The smallest absolute Gasteiger partial charge is 0.337 e. The van der Waals surface area contributed by atoms with Crippen molar-refractivity contribution in [3.63, 3.8) is 0 Å². The van der Waals surface area contributed by atoms with Gasteiger partial charge in [-0.25, -0.2) is 0 Å². The van der Waals surface area contributed by atoms with Gasteiger partial charge < -0.3 is 4.90 Å². The highest BCUT2D eigenvalue weighted by atomic mass is 19.4. The van der Waals surface area contributed by atoms with Crippen LogP contribution in [0.15, 0.2) is 24.3 Å². The minimum Gasteiger partial charge on any atom is -0.337 e. The molecule has 3 nitrogen and oxygen atoms in total. The summed E-state index contributed by atoms with van der Waals surface area (Å²) in [4.78, 5) is 15.5. The molecule has 1 aliphatic heterocycles. The second kappa shape index (κ2) is 6.47. The minimum absolute atomic E-state index is 0.0954. The Morgan fingerprint density at radius 3 is 2.52 bits per heavy atom. The van der Waals surface area contributed by atoms with Gasteiger partial charge in [0.25, 0.3) is 5.91 Å². The van der Waals surface area contributed by atoms with E-state index in [2.05, 4.69) is 0 Å². The average molecular weight is 300 g/mol. The number of halogens is 3. The van der Waals surface area contributed by atoms with Crippen molar-refractivity contribution in [2.75, 3.05) is 32.7 Å². The number of aryl methyl sites for hydroxylation is 1. The number of amides is 1. The third-order valence-electron chi connectivity index (χ3n) is 3.65. The topological polar surface area (TPSA) is 23.6 Å². The molecule has 6 heteroatoms. The highest BCUT2D eigenvalue weighted by Gasteiger charge is 2.32. The van der Waals surface area contributed by atoms with Gasteiger partial charge in [-0.3, -0.25) is 9.69 Å². The first-order chi connectivity index (χ1) is 9.87. The molecule has 1 saturated heterocycles. The van der Waals surface area contributed by atoms with E-state index in [0.29, 0.717) is 31.6 Å². The Morgan fingerprint density at radius 2 is 1.86 bits per heavy atom. The van der Waals surface area contributed by atoms with Crippen molar-refractivity contribution in [1.29, 1.82) is 0 Å². The second-order valence-electron chi connectivity index (χ2n) is 5.35. The molecule has 0 radical (unpaired) electrons. The van der Waals surface area contributed by atoms with Crippen LogP contribution in [0.25, 0.3) is 0 Å². The van der Waals surface area contributed by atoms with Crippen LogP contribution in [-0.4, -0.2) is 54.6 Å². The number of benzene rings is 1. The molecule has 1 aromatic rings. The Bertz CT molecular complexity index is 502. The van der Waals surface area contributed by atoms with Crippen LogP contribution >= 0.6 is 0 Å². The van der Waals surface area contributed by atoms with E-state index in [-0.39, 0.29) is 12.5 Å². The van der Waals surface area contributed by atoms with E-state index in [1.807, 2.05) is 19.1 Å². The summed E-state index contributed by atoms with van der Waals surface area (Å²) in [7, 11) is 0. The molecule has 1 heterocycles. The van der Waals surface area contributed by atoms with E-state index in [1.54, 1.807) is 17.0 Å². The number of hydrogen-bond donors (Lipinski definition) is 0. The van der Waals surface area contributed by atoms with Crippen LogP contribution in [-0.2, 0) is 0 Å². The third-order valence-corrected chi connectivity index (χ3v) is 3.65. The molecular formula is C15H19F3N2O. The maximum atomic E-state index is 12.5. The number of nitrogens with zero attached hydrogens (tertiary/aromatic N) is 2. The quantitative estimate of drug-likeness (QED) is 0.838. The van der Waals surface area contributed by atoms with Gasteiger partial charge in [0.05, 0.1) is 6.54 Å². The monoisotopic (exact) mass is 300 g/mol. The zero-order valence-electron chi connectivity index (χ0n) is 12.0. The molecule has 1 aliphatic rings. The predicted molar refractivity (Wildman–Crippen MR) is 74.2 cm³/mol. The van der Waals surface area contributed by atoms with Crippen molar-refractivity contribution in [2.45, 2.75) is 19.5 Å². The predicted octanol–water partition coefficient (Wildman–Crippen LogP) is 2.71. The fraction of sp³-hybridized carbons (Fsp3) is 0.533. The van der Waals surface area contributed by atoms with Crippen LogP contribution in [0.3, 0.4) is 0 Å². The molecule has 0 unspecified atom stereocenters. The molecule has 21 heavy (non-hydrogen) atoms. The average Bonchev–Trinajstić information content (AvgIpc) is 2.62. The van der Waals surface area contributed by atoms with Gasteiger partial charge in [-0.1, -0.05) is 18.2 Å². The molecule has 0 atom stereocenters. The van der Waals surface area contributed by atoms with Crippen LogP contribution in [0.5, 0.6) is 0 Å². The van der Waals surface area contributed by atoms with E-state index in [9.17, 15) is 18.0 Å². The van der Waals surface area contributed by atoms with Crippen LogP contribution in [0.4, 0.5) is 13.2 Å². The van der Waals surface area contributed by atoms with E-state index in [0.717, 1.165) is 5.56 Å². The summed E-state index contributed by atoms with van der Waals surface area (Å²) in [5, 5.41) is 0. The molecule has 0 aromatic heterocycles. The highest BCUT2D eigenvalue weighted by molar-refractivity contribution is 5.95. The van der Waals surface area contributed by atoms with E-state index < -0.39 is 12.7 Å². The fourth-order valence-electron chi connectivity index (χ4n) is 2.57. The zero-order valence-corrected chi connectivity index (χ0v) is 12.0. The minimum atomic E-state index is -4.19. The van der Waals surface area contributed by atoms with Crippen LogP contribution in [0.1, 0.15) is 22.3 Å². The molecule has 116 valence electrons. The van der Waals surface area contributed by atoms with Gasteiger partial charge in [0.15, 0.2) is 0 Å². The van der Waals surface area contributed by atoms with Crippen molar-refractivity contribution in [3.05, 3.63) is 35.4 Å². The van der Waals surface area contributed by atoms with Crippen LogP contribution < -0.4 is 0 Å². The highest BCUT2D eigenvalue weighted by Crippen LogP contribution is 2.18. The van der Waals surface area contributed by atoms with Crippen molar-refractivity contribution in [1.82, 2.24) is 9.80 Å². The summed E-state index contributed by atoms with van der Waals surface area (Å²) in [6.07, 6.45) is -3.62. The Morgan fingerprint density at radius 1 is 1.14 bits per heavy atom. The lowest BCUT2D eigenvalue weighted by Gasteiger charge is -2.23. The molecule has 1 fully saturated rings. The standard InChI is InChI=1S/C15H19F3N2O/c1-12-5-2-3-6-13(12)14(21)20-8-4-7-19(9-10-20)11-15(16,17)18/h2-3,5-6H,4,7-11H2,1H3. The lowest BCUT2D eigenvalue weighted by atomic mass is 10.1. The number of carbonyl (C=O) groups excluding carboxylic acids is 1. The maximum Gasteiger partial charge on any atom is 0.401 e. The lowest BCUT2D eigenvalue weighted by Crippen LogP contribution is -2.38. The molecule has 0 saturated carbocycles. The molecule has 0 bridgehead atoms. The Kier molecular flexibility index (Phi) is 4.88. The van der Waals surface area contributed by atoms with Crippen molar-refractivity contribution in [2.24, 2.45) is 0 Å². The number of hydrogen-bond acceptors (Lipinski definition) is 2. The Balaban J connectivity index is 2.00. The van der Waals surface area contributed by atoms with Gasteiger partial charge in [-0.05, 0) is 25.0 Å². The van der Waals surface area contributed by atoms with Crippen molar-refractivity contribution < 1.29 is 18.0 Å². The molecular weight excluding hydrogens is 281 g/mol. The summed E-state index contributed by atoms with van der Waals surface area (Å²) in [6.45, 7) is 2.43. The molecule has 1 aromatic carbocycles. The summed E-state index contributed by atoms with van der Waals surface area (Å²) in [6, 6.07) is 7.28. The van der Waals surface area contributed by atoms with Crippen LogP contribution in [0, 0.1) is 6.92 Å². The van der Waals surface area contributed by atoms with Crippen molar-refractivity contribution >= 4 is 5.91 Å². The molecule has 0 N–H and O–H groups in total. The Labute approximate surface area is 122 Å². The third kappa shape index (κ3) is 4.46. The SMILES string of the molecule is Cc1ccccc1C(=O)N1CCCN(CC(F)(F)F)CC1. The second-order valence-corrected chi connectivity index (χ2v) is 5.35. The first kappa shape index (κ1) is 15.8. The van der Waals surface area contributed by atoms with E-state index in [1.165, 1.54) is 4.90 Å². The largest absolute Gasteiger partial charge is 0.401 e. The van der Waals surface area contributed by atoms with Gasteiger partial charge in [0.2, 0.25) is 0 Å². The van der Waals surface area contributed by atoms with Gasteiger partial charge in [-0.2, -0.15) is 13.2 Å². The van der Waals surface area contributed by atoms with Gasteiger partial charge in [0.1, 0.15) is 0 Å². The van der Waals surface area contributed by atoms with Crippen molar-refractivity contribution in [3.8, 4) is 0 Å². The first-order valence-corrected chi connectivity index (χ1v) is 7.01. The summed E-state index contributed by atoms with van der Waals surface area (Å²) < 4.78 is 37.3. The fourth-order valence-corrected chi connectivity index (χ4v) is 2.57. The van der Waals surface area contributed by atoms with E-state index in [4.69, 9.17) is 0 Å². The molecule has 2 rings (SSSR count). The summed E-state index contributed by atoms with van der Waals surface area (Å²) >= 11 is 0. The maximum absolute atomic E-state index is 12.5. The number of alkyl halides is 3. The zero-order chi connectivity index (χ0) is 15.5. The summed E-state index contributed by atoms with van der Waals surface area (Å²) in [5.74, 6) is -0.0954. The summed E-state index contributed by atoms with van der Waals surface area (Å²) in [5.41, 5.74) is 1.51. The number of rotatable bonds is 2.